The third kappa shape index (κ3) is 2.43. The molecule has 0 saturated heterocycles. The van der Waals surface area contributed by atoms with E-state index in [1.54, 1.807) is 6.92 Å². The Morgan fingerprint density at radius 2 is 2.11 bits per heavy atom. The van der Waals surface area contributed by atoms with Crippen molar-refractivity contribution < 1.29 is 9.90 Å². The van der Waals surface area contributed by atoms with Crippen LogP contribution >= 0.6 is 0 Å². The van der Waals surface area contributed by atoms with E-state index in [1.807, 2.05) is 0 Å². The van der Waals surface area contributed by atoms with Crippen LogP contribution in [0.2, 0.25) is 0 Å². The normalized spacial score (nSPS) is 16.8. The minimum Gasteiger partial charge on any atom is -0.480 e. The Labute approximate surface area is 53.8 Å². The summed E-state index contributed by atoms with van der Waals surface area (Å²) in [7, 11) is 0. The molecule has 2 unspecified atom stereocenters. The van der Waals surface area contributed by atoms with Gasteiger partial charge in [-0.3, -0.25) is 4.79 Å². The van der Waals surface area contributed by atoms with Gasteiger partial charge in [0.15, 0.2) is 0 Å². The fourth-order valence-electron chi connectivity index (χ4n) is 0.437. The molecule has 4 nitrogen and oxygen atoms in total. The fourth-order valence-corrected chi connectivity index (χ4v) is 0.437. The van der Waals surface area contributed by atoms with Crippen molar-refractivity contribution in [3.63, 3.8) is 0 Å². The van der Waals surface area contributed by atoms with Crippen LogP contribution in [0.3, 0.4) is 0 Å². The second-order valence-electron chi connectivity index (χ2n) is 1.94. The molecule has 9 heavy (non-hydrogen) atoms. The molecule has 0 spiro atoms. The lowest BCUT2D eigenvalue weighted by Crippen LogP contribution is -2.46. The molecule has 0 aliphatic rings. The van der Waals surface area contributed by atoms with Gasteiger partial charge < -0.3 is 16.6 Å². The minimum atomic E-state index is -1.04. The van der Waals surface area contributed by atoms with Crippen LogP contribution in [0.1, 0.15) is 13.3 Å². The lowest BCUT2D eigenvalue weighted by molar-refractivity contribution is -0.139. The van der Waals surface area contributed by atoms with Gasteiger partial charge in [-0.2, -0.15) is 0 Å². The summed E-state index contributed by atoms with van der Waals surface area (Å²) in [4.78, 5) is 10.1. The molecule has 0 bridgehead atoms. The zero-order valence-corrected chi connectivity index (χ0v) is 5.37. The Bertz CT molecular complexity index is 105. The lowest BCUT2D eigenvalue weighted by Gasteiger charge is -2.12. The molecule has 0 heterocycles. The molecule has 2 atom stereocenters. The molecule has 0 aliphatic carbocycles. The van der Waals surface area contributed by atoms with E-state index in [4.69, 9.17) is 16.6 Å². The quantitative estimate of drug-likeness (QED) is 0.466. The standard InChI is InChI=1S/C5H12N2O2/c1-2-3(6)4(7)5(8)9/h3-4H,2,6-7H2,1H3,(H,8,9). The molecule has 0 radical (unpaired) electrons. The maximum Gasteiger partial charge on any atom is 0.322 e. The van der Waals surface area contributed by atoms with Crippen molar-refractivity contribution in [3.8, 4) is 0 Å². The highest BCUT2D eigenvalue weighted by Crippen LogP contribution is 1.90. The zero-order chi connectivity index (χ0) is 7.44. The maximum absolute atomic E-state index is 10.1. The van der Waals surface area contributed by atoms with E-state index in [2.05, 4.69) is 0 Å². The molecule has 0 fully saturated rings. The van der Waals surface area contributed by atoms with Crippen LogP contribution in [-0.4, -0.2) is 23.2 Å². The Hall–Kier alpha value is -0.610. The van der Waals surface area contributed by atoms with Gasteiger partial charge in [0.05, 0.1) is 0 Å². The summed E-state index contributed by atoms with van der Waals surface area (Å²) in [5, 5.41) is 8.28. The van der Waals surface area contributed by atoms with Gasteiger partial charge in [-0.1, -0.05) is 6.92 Å². The van der Waals surface area contributed by atoms with Gasteiger partial charge in [-0.05, 0) is 6.42 Å². The van der Waals surface area contributed by atoms with Gasteiger partial charge in [0.2, 0.25) is 0 Å². The van der Waals surface area contributed by atoms with Crippen molar-refractivity contribution in [2.75, 3.05) is 0 Å². The summed E-state index contributed by atoms with van der Waals surface area (Å²) in [6.07, 6.45) is 0.591. The predicted molar refractivity (Wildman–Crippen MR) is 33.9 cm³/mol. The average molecular weight is 132 g/mol. The molecule has 54 valence electrons. The summed E-state index contributed by atoms with van der Waals surface area (Å²) in [5.41, 5.74) is 10.5. The fraction of sp³-hybridized carbons (Fsp3) is 0.800. The van der Waals surface area contributed by atoms with Crippen molar-refractivity contribution in [2.45, 2.75) is 25.4 Å². The van der Waals surface area contributed by atoms with Crippen LogP contribution in [0, 0.1) is 0 Å². The largest absolute Gasteiger partial charge is 0.480 e. The number of hydrogen-bond donors (Lipinski definition) is 3. The van der Waals surface area contributed by atoms with Crippen LogP contribution in [-0.2, 0) is 4.79 Å². The molecular weight excluding hydrogens is 120 g/mol. The minimum absolute atomic E-state index is 0.428. The smallest absolute Gasteiger partial charge is 0.322 e. The first-order valence-corrected chi connectivity index (χ1v) is 2.83. The Morgan fingerprint density at radius 3 is 2.22 bits per heavy atom. The highest BCUT2D eigenvalue weighted by Gasteiger charge is 2.17. The highest BCUT2D eigenvalue weighted by atomic mass is 16.4. The van der Waals surface area contributed by atoms with Gasteiger partial charge in [0.25, 0.3) is 0 Å². The lowest BCUT2D eigenvalue weighted by atomic mass is 10.1. The first-order chi connectivity index (χ1) is 4.09. The average Bonchev–Trinajstić information content (AvgIpc) is 1.84. The summed E-state index contributed by atoms with van der Waals surface area (Å²) < 4.78 is 0. The monoisotopic (exact) mass is 132 g/mol. The van der Waals surface area contributed by atoms with Crippen molar-refractivity contribution in [3.05, 3.63) is 0 Å². The first kappa shape index (κ1) is 8.39. The molecule has 0 aromatic rings. The number of carboxylic acid groups (broad SMARTS) is 1. The molecule has 0 amide bonds. The maximum atomic E-state index is 10.1. The Morgan fingerprint density at radius 1 is 1.67 bits per heavy atom. The molecule has 5 N–H and O–H groups in total. The second-order valence-corrected chi connectivity index (χ2v) is 1.94. The van der Waals surface area contributed by atoms with E-state index in [-0.39, 0.29) is 0 Å². The second kappa shape index (κ2) is 3.42. The topological polar surface area (TPSA) is 89.3 Å². The van der Waals surface area contributed by atoms with Crippen LogP contribution in [0.15, 0.2) is 0 Å². The number of carbonyl (C=O) groups is 1. The van der Waals surface area contributed by atoms with E-state index in [0.29, 0.717) is 6.42 Å². The van der Waals surface area contributed by atoms with E-state index >= 15 is 0 Å². The number of nitrogens with two attached hydrogens (primary N) is 2. The van der Waals surface area contributed by atoms with Crippen LogP contribution in [0.5, 0.6) is 0 Å². The molecule has 0 aliphatic heterocycles. The molecule has 0 saturated carbocycles. The van der Waals surface area contributed by atoms with Crippen LogP contribution < -0.4 is 11.5 Å². The first-order valence-electron chi connectivity index (χ1n) is 2.83. The molecule has 4 heteroatoms. The van der Waals surface area contributed by atoms with Gasteiger partial charge >= 0.3 is 5.97 Å². The number of rotatable bonds is 3. The summed E-state index contributed by atoms with van der Waals surface area (Å²) >= 11 is 0. The van der Waals surface area contributed by atoms with Crippen LogP contribution in [0.25, 0.3) is 0 Å². The van der Waals surface area contributed by atoms with Gasteiger partial charge in [-0.15, -0.1) is 0 Å². The Balaban J connectivity index is 3.72. The third-order valence-corrected chi connectivity index (χ3v) is 1.22. The van der Waals surface area contributed by atoms with Crippen molar-refractivity contribution in [1.82, 2.24) is 0 Å². The summed E-state index contributed by atoms with van der Waals surface area (Å²) in [6.45, 7) is 1.80. The SMILES string of the molecule is CCC(N)C(N)C(=O)O. The zero-order valence-electron chi connectivity index (χ0n) is 5.37. The van der Waals surface area contributed by atoms with E-state index in [9.17, 15) is 4.79 Å². The summed E-state index contributed by atoms with van der Waals surface area (Å²) in [6, 6.07) is -1.35. The number of carboxylic acids is 1. The van der Waals surface area contributed by atoms with Gasteiger partial charge in [-0.25, -0.2) is 0 Å². The van der Waals surface area contributed by atoms with E-state index in [1.165, 1.54) is 0 Å². The van der Waals surface area contributed by atoms with E-state index < -0.39 is 18.1 Å². The molecule has 0 aromatic carbocycles. The van der Waals surface area contributed by atoms with Gasteiger partial charge in [0.1, 0.15) is 6.04 Å². The molecule has 0 aromatic heterocycles. The third-order valence-electron chi connectivity index (χ3n) is 1.22. The predicted octanol–water partition coefficient (Wildman–Crippen LogP) is -0.864. The van der Waals surface area contributed by atoms with Gasteiger partial charge in [0, 0.05) is 6.04 Å². The number of hydrogen-bond acceptors (Lipinski definition) is 3. The summed E-state index contributed by atoms with van der Waals surface area (Å²) in [5.74, 6) is -1.04. The molecular formula is C5H12N2O2. The molecule has 0 rings (SSSR count). The van der Waals surface area contributed by atoms with Crippen molar-refractivity contribution in [1.29, 1.82) is 0 Å². The van der Waals surface area contributed by atoms with Crippen molar-refractivity contribution in [2.24, 2.45) is 11.5 Å². The Kier molecular flexibility index (Phi) is 3.19. The highest BCUT2D eigenvalue weighted by molar-refractivity contribution is 5.74. The van der Waals surface area contributed by atoms with Crippen LogP contribution in [0.4, 0.5) is 0 Å². The van der Waals surface area contributed by atoms with Crippen molar-refractivity contribution >= 4 is 5.97 Å². The van der Waals surface area contributed by atoms with E-state index in [0.717, 1.165) is 0 Å². The number of aliphatic carboxylic acids is 1.